The van der Waals surface area contributed by atoms with Crippen molar-refractivity contribution in [2.24, 2.45) is 0 Å². The maximum absolute atomic E-state index is 12.5. The van der Waals surface area contributed by atoms with Crippen LogP contribution in [0, 0.1) is 0 Å². The lowest BCUT2D eigenvalue weighted by molar-refractivity contribution is -0.130. The predicted molar refractivity (Wildman–Crippen MR) is 102 cm³/mol. The Kier molecular flexibility index (Phi) is 5.71. The third kappa shape index (κ3) is 4.39. The van der Waals surface area contributed by atoms with Crippen LogP contribution in [-0.2, 0) is 11.2 Å². The van der Waals surface area contributed by atoms with Gasteiger partial charge in [-0.15, -0.1) is 0 Å². The fourth-order valence-corrected chi connectivity index (χ4v) is 3.49. The van der Waals surface area contributed by atoms with Crippen LogP contribution < -0.4 is 9.64 Å². The average Bonchev–Trinajstić information content (AvgIpc) is 2.62. The summed E-state index contributed by atoms with van der Waals surface area (Å²) in [4.78, 5) is 16.6. The molecule has 1 fully saturated rings. The highest BCUT2D eigenvalue weighted by Gasteiger charge is 2.22. The zero-order valence-corrected chi connectivity index (χ0v) is 15.6. The second kappa shape index (κ2) is 7.98. The van der Waals surface area contributed by atoms with Crippen LogP contribution in [-0.4, -0.2) is 44.1 Å². The molecular formula is C19H20Cl2N2O2. The Morgan fingerprint density at radius 3 is 2.32 bits per heavy atom. The summed E-state index contributed by atoms with van der Waals surface area (Å²) in [6, 6.07) is 13.1. The van der Waals surface area contributed by atoms with E-state index in [0.717, 1.165) is 30.1 Å². The van der Waals surface area contributed by atoms with E-state index in [-0.39, 0.29) is 5.91 Å². The fraction of sp³-hybridized carbons (Fsp3) is 0.316. The Morgan fingerprint density at radius 2 is 1.72 bits per heavy atom. The van der Waals surface area contributed by atoms with E-state index in [0.29, 0.717) is 29.6 Å². The van der Waals surface area contributed by atoms with E-state index in [2.05, 4.69) is 4.90 Å². The maximum atomic E-state index is 12.5. The van der Waals surface area contributed by atoms with Crippen LogP contribution in [0.3, 0.4) is 0 Å². The molecule has 132 valence electrons. The summed E-state index contributed by atoms with van der Waals surface area (Å²) in [5, 5.41) is 1.27. The van der Waals surface area contributed by atoms with Crippen LogP contribution in [0.4, 0.5) is 5.69 Å². The number of rotatable bonds is 4. The number of hydrogen-bond acceptors (Lipinski definition) is 3. The first-order valence-electron chi connectivity index (χ1n) is 8.17. The van der Waals surface area contributed by atoms with Crippen molar-refractivity contribution in [3.8, 4) is 5.75 Å². The standard InChI is InChI=1S/C19H20Cl2N2O2/c1-25-16-5-2-14(3-6-16)12-19(24)23-10-8-22(9-11-23)18-7-4-15(20)13-17(18)21/h2-7,13H,8-12H2,1H3. The van der Waals surface area contributed by atoms with Gasteiger partial charge < -0.3 is 14.5 Å². The number of hydrogen-bond donors (Lipinski definition) is 0. The summed E-state index contributed by atoms with van der Waals surface area (Å²) in [5.74, 6) is 0.941. The molecule has 0 aliphatic carbocycles. The first-order chi connectivity index (χ1) is 12.1. The van der Waals surface area contributed by atoms with Gasteiger partial charge in [-0.1, -0.05) is 35.3 Å². The van der Waals surface area contributed by atoms with Crippen molar-refractivity contribution in [1.29, 1.82) is 0 Å². The second-order valence-corrected chi connectivity index (χ2v) is 6.83. The van der Waals surface area contributed by atoms with Crippen LogP contribution in [0.15, 0.2) is 42.5 Å². The van der Waals surface area contributed by atoms with Crippen molar-refractivity contribution < 1.29 is 9.53 Å². The monoisotopic (exact) mass is 378 g/mol. The number of carbonyl (C=O) groups is 1. The molecule has 0 bridgehead atoms. The smallest absolute Gasteiger partial charge is 0.227 e. The van der Waals surface area contributed by atoms with E-state index >= 15 is 0 Å². The molecule has 0 spiro atoms. The molecule has 6 heteroatoms. The maximum Gasteiger partial charge on any atom is 0.227 e. The molecule has 1 aliphatic rings. The topological polar surface area (TPSA) is 32.8 Å². The average molecular weight is 379 g/mol. The minimum Gasteiger partial charge on any atom is -0.497 e. The number of nitrogens with zero attached hydrogens (tertiary/aromatic N) is 2. The molecule has 1 amide bonds. The van der Waals surface area contributed by atoms with Gasteiger partial charge in [0.05, 0.1) is 24.2 Å². The highest BCUT2D eigenvalue weighted by molar-refractivity contribution is 6.36. The Bertz CT molecular complexity index is 742. The van der Waals surface area contributed by atoms with Gasteiger partial charge in [0.1, 0.15) is 5.75 Å². The first kappa shape index (κ1) is 17.9. The van der Waals surface area contributed by atoms with Crippen molar-refractivity contribution in [3.05, 3.63) is 58.1 Å². The molecule has 1 heterocycles. The minimum atomic E-state index is 0.145. The zero-order chi connectivity index (χ0) is 17.8. The Hall–Kier alpha value is -1.91. The van der Waals surface area contributed by atoms with Gasteiger partial charge in [0.2, 0.25) is 5.91 Å². The number of ether oxygens (including phenoxy) is 1. The molecule has 1 saturated heterocycles. The lowest BCUT2D eigenvalue weighted by Crippen LogP contribution is -2.49. The molecule has 25 heavy (non-hydrogen) atoms. The molecule has 0 radical (unpaired) electrons. The summed E-state index contributed by atoms with van der Waals surface area (Å²) in [5.41, 5.74) is 1.96. The minimum absolute atomic E-state index is 0.145. The molecule has 3 rings (SSSR count). The number of benzene rings is 2. The van der Waals surface area contributed by atoms with E-state index < -0.39 is 0 Å². The molecule has 0 atom stereocenters. The molecule has 2 aromatic rings. The van der Waals surface area contributed by atoms with E-state index in [9.17, 15) is 4.79 Å². The van der Waals surface area contributed by atoms with Crippen LogP contribution >= 0.6 is 23.2 Å². The lowest BCUT2D eigenvalue weighted by Gasteiger charge is -2.36. The number of methoxy groups -OCH3 is 1. The summed E-state index contributed by atoms with van der Waals surface area (Å²) in [7, 11) is 1.63. The number of piperazine rings is 1. The predicted octanol–water partition coefficient (Wildman–Crippen LogP) is 3.89. The summed E-state index contributed by atoms with van der Waals surface area (Å²) in [6.07, 6.45) is 0.408. The Balaban J connectivity index is 1.56. The van der Waals surface area contributed by atoms with E-state index in [1.807, 2.05) is 41.3 Å². The highest BCUT2D eigenvalue weighted by atomic mass is 35.5. The third-order valence-corrected chi connectivity index (χ3v) is 4.94. The van der Waals surface area contributed by atoms with Gasteiger partial charge in [0, 0.05) is 31.2 Å². The van der Waals surface area contributed by atoms with Crippen molar-refractivity contribution in [3.63, 3.8) is 0 Å². The van der Waals surface area contributed by atoms with Gasteiger partial charge in [-0.25, -0.2) is 0 Å². The van der Waals surface area contributed by atoms with Crippen molar-refractivity contribution in [2.75, 3.05) is 38.2 Å². The number of halogens is 2. The molecule has 2 aromatic carbocycles. The van der Waals surface area contributed by atoms with Crippen LogP contribution in [0.2, 0.25) is 10.0 Å². The number of anilines is 1. The van der Waals surface area contributed by atoms with Crippen LogP contribution in [0.5, 0.6) is 5.75 Å². The van der Waals surface area contributed by atoms with Crippen LogP contribution in [0.25, 0.3) is 0 Å². The van der Waals surface area contributed by atoms with Gasteiger partial charge in [-0.3, -0.25) is 4.79 Å². The quantitative estimate of drug-likeness (QED) is 0.808. The van der Waals surface area contributed by atoms with Gasteiger partial charge in [-0.2, -0.15) is 0 Å². The largest absolute Gasteiger partial charge is 0.497 e. The Morgan fingerprint density at radius 1 is 1.04 bits per heavy atom. The third-order valence-electron chi connectivity index (χ3n) is 4.40. The first-order valence-corrected chi connectivity index (χ1v) is 8.93. The van der Waals surface area contributed by atoms with E-state index in [4.69, 9.17) is 27.9 Å². The molecular weight excluding hydrogens is 359 g/mol. The van der Waals surface area contributed by atoms with Crippen molar-refractivity contribution >= 4 is 34.8 Å². The Labute approximate surface area is 157 Å². The van der Waals surface area contributed by atoms with E-state index in [1.54, 1.807) is 13.2 Å². The SMILES string of the molecule is COc1ccc(CC(=O)N2CCN(c3ccc(Cl)cc3Cl)CC2)cc1. The molecule has 0 unspecified atom stereocenters. The molecule has 0 saturated carbocycles. The van der Waals surface area contributed by atoms with Crippen LogP contribution in [0.1, 0.15) is 5.56 Å². The normalized spacial score (nSPS) is 14.5. The van der Waals surface area contributed by atoms with Gasteiger partial charge in [0.25, 0.3) is 0 Å². The molecule has 0 aromatic heterocycles. The summed E-state index contributed by atoms with van der Waals surface area (Å²) < 4.78 is 5.14. The highest BCUT2D eigenvalue weighted by Crippen LogP contribution is 2.29. The van der Waals surface area contributed by atoms with Crippen molar-refractivity contribution in [1.82, 2.24) is 4.90 Å². The molecule has 4 nitrogen and oxygen atoms in total. The fourth-order valence-electron chi connectivity index (χ4n) is 2.96. The number of amides is 1. The van der Waals surface area contributed by atoms with E-state index in [1.165, 1.54) is 0 Å². The lowest BCUT2D eigenvalue weighted by atomic mass is 10.1. The van der Waals surface area contributed by atoms with Crippen molar-refractivity contribution in [2.45, 2.75) is 6.42 Å². The van der Waals surface area contributed by atoms with Gasteiger partial charge in [-0.05, 0) is 35.9 Å². The molecule has 1 aliphatic heterocycles. The summed E-state index contributed by atoms with van der Waals surface area (Å²) >= 11 is 12.2. The van der Waals surface area contributed by atoms with Gasteiger partial charge in [0.15, 0.2) is 0 Å². The zero-order valence-electron chi connectivity index (χ0n) is 14.0. The summed E-state index contributed by atoms with van der Waals surface area (Å²) in [6.45, 7) is 2.90. The number of carbonyl (C=O) groups excluding carboxylic acids is 1. The molecule has 0 N–H and O–H groups in total. The second-order valence-electron chi connectivity index (χ2n) is 5.99. The van der Waals surface area contributed by atoms with Gasteiger partial charge >= 0.3 is 0 Å².